The standard InChI is InChI=1S/C16H19NO2/c1-12-4-7-15(19-13-5-6-13)14(10-12)16(17-11-18)8-2-3-9-16/h4,7,10,13H,2-3,5-6,8-9H2,1H3. The van der Waals surface area contributed by atoms with Gasteiger partial charge < -0.3 is 4.74 Å². The molecule has 2 aliphatic carbocycles. The van der Waals surface area contributed by atoms with E-state index in [1.54, 1.807) is 6.08 Å². The van der Waals surface area contributed by atoms with Crippen LogP contribution in [-0.4, -0.2) is 12.2 Å². The predicted octanol–water partition coefficient (Wildman–Crippen LogP) is 3.64. The van der Waals surface area contributed by atoms with E-state index >= 15 is 0 Å². The van der Waals surface area contributed by atoms with Gasteiger partial charge in [-0.3, -0.25) is 0 Å². The molecule has 0 bridgehead atoms. The Balaban J connectivity index is 2.04. The lowest BCUT2D eigenvalue weighted by molar-refractivity contribution is 0.290. The summed E-state index contributed by atoms with van der Waals surface area (Å²) in [6, 6.07) is 6.22. The minimum absolute atomic E-state index is 0.361. The molecular formula is C16H19NO2. The van der Waals surface area contributed by atoms with Crippen LogP contribution >= 0.6 is 0 Å². The topological polar surface area (TPSA) is 38.7 Å². The van der Waals surface area contributed by atoms with Crippen LogP contribution in [0.2, 0.25) is 0 Å². The van der Waals surface area contributed by atoms with Crippen LogP contribution in [-0.2, 0) is 10.3 Å². The van der Waals surface area contributed by atoms with Crippen LogP contribution in [0.25, 0.3) is 0 Å². The molecule has 0 spiro atoms. The number of isocyanates is 1. The van der Waals surface area contributed by atoms with E-state index in [0.29, 0.717) is 6.10 Å². The molecule has 0 radical (unpaired) electrons. The summed E-state index contributed by atoms with van der Waals surface area (Å²) in [6.07, 6.45) is 8.49. The fourth-order valence-corrected chi connectivity index (χ4v) is 2.96. The fraction of sp³-hybridized carbons (Fsp3) is 0.562. The van der Waals surface area contributed by atoms with Crippen molar-refractivity contribution in [2.24, 2.45) is 4.99 Å². The minimum atomic E-state index is -0.391. The van der Waals surface area contributed by atoms with Gasteiger partial charge in [0.05, 0.1) is 6.10 Å². The second kappa shape index (κ2) is 4.82. The van der Waals surface area contributed by atoms with Crippen molar-refractivity contribution >= 4 is 6.08 Å². The Labute approximate surface area is 113 Å². The van der Waals surface area contributed by atoms with Crippen LogP contribution in [0.1, 0.15) is 49.7 Å². The van der Waals surface area contributed by atoms with Gasteiger partial charge in [0.15, 0.2) is 0 Å². The fourth-order valence-electron chi connectivity index (χ4n) is 2.96. The summed E-state index contributed by atoms with van der Waals surface area (Å²) in [5, 5.41) is 0. The molecule has 0 amide bonds. The first-order valence-electron chi connectivity index (χ1n) is 7.10. The van der Waals surface area contributed by atoms with E-state index in [4.69, 9.17) is 4.74 Å². The van der Waals surface area contributed by atoms with Gasteiger partial charge in [-0.2, -0.15) is 4.99 Å². The van der Waals surface area contributed by atoms with Crippen molar-refractivity contribution in [3.05, 3.63) is 29.3 Å². The highest BCUT2D eigenvalue weighted by Crippen LogP contribution is 2.46. The molecule has 1 aromatic carbocycles. The van der Waals surface area contributed by atoms with Gasteiger partial charge in [0.1, 0.15) is 11.3 Å². The summed E-state index contributed by atoms with van der Waals surface area (Å²) in [5.41, 5.74) is 1.88. The van der Waals surface area contributed by atoms with Crippen molar-refractivity contribution in [2.75, 3.05) is 0 Å². The summed E-state index contributed by atoms with van der Waals surface area (Å²) >= 11 is 0. The van der Waals surface area contributed by atoms with E-state index in [1.807, 2.05) is 6.07 Å². The highest BCUT2D eigenvalue weighted by atomic mass is 16.5. The third kappa shape index (κ3) is 2.43. The molecule has 19 heavy (non-hydrogen) atoms. The van der Waals surface area contributed by atoms with E-state index in [9.17, 15) is 4.79 Å². The van der Waals surface area contributed by atoms with Crippen LogP contribution in [0.3, 0.4) is 0 Å². The number of aryl methyl sites for hydroxylation is 1. The van der Waals surface area contributed by atoms with Gasteiger partial charge in [0, 0.05) is 5.56 Å². The molecule has 1 aromatic rings. The third-order valence-electron chi connectivity index (χ3n) is 4.14. The largest absolute Gasteiger partial charge is 0.490 e. The quantitative estimate of drug-likeness (QED) is 0.610. The molecule has 0 heterocycles. The van der Waals surface area contributed by atoms with Gasteiger partial charge in [-0.15, -0.1) is 0 Å². The van der Waals surface area contributed by atoms with Crippen LogP contribution in [0.4, 0.5) is 0 Å². The Morgan fingerprint density at radius 3 is 2.68 bits per heavy atom. The van der Waals surface area contributed by atoms with E-state index in [-0.39, 0.29) is 0 Å². The second-order valence-electron chi connectivity index (χ2n) is 5.76. The smallest absolute Gasteiger partial charge is 0.235 e. The molecule has 0 unspecified atom stereocenters. The van der Waals surface area contributed by atoms with Gasteiger partial charge in [-0.05, 0) is 44.7 Å². The summed E-state index contributed by atoms with van der Waals surface area (Å²) in [5.74, 6) is 0.911. The summed E-state index contributed by atoms with van der Waals surface area (Å²) in [7, 11) is 0. The first-order chi connectivity index (χ1) is 9.23. The van der Waals surface area contributed by atoms with Crippen molar-refractivity contribution in [1.29, 1.82) is 0 Å². The number of benzene rings is 1. The van der Waals surface area contributed by atoms with Gasteiger partial charge in [-0.1, -0.05) is 24.5 Å². The molecule has 3 heteroatoms. The van der Waals surface area contributed by atoms with Gasteiger partial charge in [0.25, 0.3) is 0 Å². The molecule has 100 valence electrons. The number of rotatable bonds is 4. The number of aliphatic imine (C=N–C) groups is 1. The van der Waals surface area contributed by atoms with Gasteiger partial charge in [-0.25, -0.2) is 4.79 Å². The number of ether oxygens (including phenoxy) is 1. The molecule has 2 fully saturated rings. The molecule has 2 saturated carbocycles. The predicted molar refractivity (Wildman–Crippen MR) is 73.1 cm³/mol. The number of nitrogens with zero attached hydrogens (tertiary/aromatic N) is 1. The zero-order chi connectivity index (χ0) is 13.3. The van der Waals surface area contributed by atoms with E-state index in [1.165, 1.54) is 5.56 Å². The molecule has 0 aromatic heterocycles. The first kappa shape index (κ1) is 12.4. The summed E-state index contributed by atoms with van der Waals surface area (Å²) < 4.78 is 6.01. The lowest BCUT2D eigenvalue weighted by atomic mass is 9.87. The normalized spacial score (nSPS) is 20.9. The van der Waals surface area contributed by atoms with E-state index < -0.39 is 5.54 Å². The Hall–Kier alpha value is -1.60. The second-order valence-corrected chi connectivity index (χ2v) is 5.76. The van der Waals surface area contributed by atoms with Gasteiger partial charge >= 0.3 is 0 Å². The number of hydrogen-bond acceptors (Lipinski definition) is 3. The maximum absolute atomic E-state index is 10.8. The van der Waals surface area contributed by atoms with Crippen molar-refractivity contribution in [3.63, 3.8) is 0 Å². The van der Waals surface area contributed by atoms with E-state index in [2.05, 4.69) is 24.0 Å². The number of hydrogen-bond donors (Lipinski definition) is 0. The third-order valence-corrected chi connectivity index (χ3v) is 4.14. The Bertz CT molecular complexity index is 522. The molecule has 0 N–H and O–H groups in total. The SMILES string of the molecule is Cc1ccc(OC2CC2)c(C2(N=C=O)CCCC2)c1. The Kier molecular flexibility index (Phi) is 3.16. The maximum Gasteiger partial charge on any atom is 0.235 e. The van der Waals surface area contributed by atoms with Crippen LogP contribution in [0, 0.1) is 6.92 Å². The highest BCUT2D eigenvalue weighted by molar-refractivity contribution is 5.46. The zero-order valence-electron chi connectivity index (χ0n) is 11.3. The van der Waals surface area contributed by atoms with Crippen LogP contribution < -0.4 is 4.74 Å². The highest BCUT2D eigenvalue weighted by Gasteiger charge is 2.39. The summed E-state index contributed by atoms with van der Waals surface area (Å²) in [6.45, 7) is 2.07. The van der Waals surface area contributed by atoms with Crippen molar-refractivity contribution in [3.8, 4) is 5.75 Å². The van der Waals surface area contributed by atoms with Crippen LogP contribution in [0.15, 0.2) is 23.2 Å². The van der Waals surface area contributed by atoms with Crippen molar-refractivity contribution < 1.29 is 9.53 Å². The van der Waals surface area contributed by atoms with E-state index in [0.717, 1.165) is 49.8 Å². The summed E-state index contributed by atoms with van der Waals surface area (Å²) in [4.78, 5) is 15.0. The minimum Gasteiger partial charge on any atom is -0.490 e. The maximum atomic E-state index is 10.8. The van der Waals surface area contributed by atoms with Crippen molar-refractivity contribution in [2.45, 2.75) is 57.1 Å². The first-order valence-corrected chi connectivity index (χ1v) is 7.10. The van der Waals surface area contributed by atoms with Gasteiger partial charge in [0.2, 0.25) is 6.08 Å². The lowest BCUT2D eigenvalue weighted by Crippen LogP contribution is -2.20. The zero-order valence-corrected chi connectivity index (χ0v) is 11.3. The van der Waals surface area contributed by atoms with Crippen molar-refractivity contribution in [1.82, 2.24) is 0 Å². The molecule has 0 atom stereocenters. The molecule has 3 rings (SSSR count). The molecule has 2 aliphatic rings. The molecular weight excluding hydrogens is 238 g/mol. The molecule has 3 nitrogen and oxygen atoms in total. The average Bonchev–Trinajstić information content (AvgIpc) is 3.09. The molecule has 0 aliphatic heterocycles. The van der Waals surface area contributed by atoms with Crippen LogP contribution in [0.5, 0.6) is 5.75 Å². The lowest BCUT2D eigenvalue weighted by Gasteiger charge is -2.26. The Morgan fingerprint density at radius 2 is 2.05 bits per heavy atom. The Morgan fingerprint density at radius 1 is 1.32 bits per heavy atom. The average molecular weight is 257 g/mol. The monoisotopic (exact) mass is 257 g/mol. The molecule has 0 saturated heterocycles. The number of carbonyl (C=O) groups excluding carboxylic acids is 1.